The van der Waals surface area contributed by atoms with Crippen LogP contribution in [0.3, 0.4) is 0 Å². The monoisotopic (exact) mass is 459 g/mol. The number of amides is 1. The molecule has 0 aliphatic rings. The summed E-state index contributed by atoms with van der Waals surface area (Å²) in [5.74, 6) is 1.06. The summed E-state index contributed by atoms with van der Waals surface area (Å²) in [5.41, 5.74) is 0.443. The van der Waals surface area contributed by atoms with E-state index in [2.05, 4.69) is 32.6 Å². The second-order valence-corrected chi connectivity index (χ2v) is 7.82. The van der Waals surface area contributed by atoms with Crippen molar-refractivity contribution in [1.29, 1.82) is 0 Å². The van der Waals surface area contributed by atoms with Crippen LogP contribution < -0.4 is 10.6 Å². The first-order valence-electron chi connectivity index (χ1n) is 10.2. The number of aromatic nitrogens is 4. The summed E-state index contributed by atoms with van der Waals surface area (Å²) in [6.45, 7) is 3.80. The number of benzene rings is 1. The topological polar surface area (TPSA) is 137 Å². The highest BCUT2D eigenvalue weighted by atomic mass is 32.2. The Morgan fingerprint density at radius 2 is 2.09 bits per heavy atom. The lowest BCUT2D eigenvalue weighted by Crippen LogP contribution is -2.28. The van der Waals surface area contributed by atoms with Crippen LogP contribution in [0.1, 0.15) is 23.7 Å². The third kappa shape index (κ3) is 5.71. The van der Waals surface area contributed by atoms with E-state index in [0.717, 1.165) is 17.6 Å². The minimum absolute atomic E-state index is 0.0213. The number of fused-ring (bicyclic) bond motifs is 1. The van der Waals surface area contributed by atoms with E-state index in [1.165, 1.54) is 18.2 Å². The van der Waals surface area contributed by atoms with Crippen molar-refractivity contribution in [2.75, 3.05) is 37.9 Å². The molecule has 2 N–H and O–H groups in total. The van der Waals surface area contributed by atoms with Crippen LogP contribution >= 0.6 is 11.8 Å². The number of nitro benzene ring substituents is 1. The zero-order valence-corrected chi connectivity index (χ0v) is 18.7. The zero-order valence-electron chi connectivity index (χ0n) is 17.9. The third-order valence-corrected chi connectivity index (χ3v) is 5.52. The normalized spacial score (nSPS) is 10.9. The Labute approximate surface area is 189 Å². The maximum Gasteiger partial charge on any atom is 0.282 e. The Morgan fingerprint density at radius 1 is 1.28 bits per heavy atom. The Balaban J connectivity index is 1.75. The summed E-state index contributed by atoms with van der Waals surface area (Å²) in [5, 5.41) is 22.9. The number of carbonyl (C=O) groups excluding carboxylic acids is 1. The summed E-state index contributed by atoms with van der Waals surface area (Å²) in [4.78, 5) is 32.2. The minimum atomic E-state index is -0.569. The molecule has 0 spiro atoms. The standard InChI is InChI=1S/C20H25N7O4S/c1-3-12-32-20-24-17(21-9-11-31-2)15-13-23-26(18(15)25-20)10-8-22-19(28)14-6-4-5-7-16(14)27(29)30/h4-7,13H,3,8-12H2,1-2H3,(H,22,28)(H,21,24,25). The van der Waals surface area contributed by atoms with E-state index in [-0.39, 0.29) is 17.8 Å². The predicted octanol–water partition coefficient (Wildman–Crippen LogP) is 2.72. The molecule has 0 radical (unpaired) electrons. The third-order valence-electron chi connectivity index (χ3n) is 4.46. The molecule has 0 saturated heterocycles. The van der Waals surface area contributed by atoms with E-state index < -0.39 is 10.8 Å². The number of nitrogens with zero attached hydrogens (tertiary/aromatic N) is 5. The molecule has 3 rings (SSSR count). The van der Waals surface area contributed by atoms with Gasteiger partial charge in [-0.05, 0) is 12.5 Å². The van der Waals surface area contributed by atoms with Gasteiger partial charge in [0.15, 0.2) is 10.8 Å². The van der Waals surface area contributed by atoms with E-state index in [0.29, 0.717) is 36.3 Å². The van der Waals surface area contributed by atoms with Crippen molar-refractivity contribution in [3.05, 3.63) is 46.1 Å². The molecule has 0 fully saturated rings. The highest BCUT2D eigenvalue weighted by Crippen LogP contribution is 2.24. The average Bonchev–Trinajstić information content (AvgIpc) is 3.20. The number of nitrogens with one attached hydrogen (secondary N) is 2. The number of methoxy groups -OCH3 is 1. The van der Waals surface area contributed by atoms with Crippen LogP contribution in [-0.2, 0) is 11.3 Å². The molecule has 0 unspecified atom stereocenters. The maximum atomic E-state index is 12.4. The first kappa shape index (κ1) is 23.4. The summed E-state index contributed by atoms with van der Waals surface area (Å²) < 4.78 is 6.79. The van der Waals surface area contributed by atoms with Crippen LogP contribution in [0.5, 0.6) is 0 Å². The summed E-state index contributed by atoms with van der Waals surface area (Å²) in [6, 6.07) is 5.85. The quantitative estimate of drug-likeness (QED) is 0.138. The number of rotatable bonds is 12. The minimum Gasteiger partial charge on any atom is -0.383 e. The number of nitro groups is 1. The molecule has 0 aliphatic heterocycles. The van der Waals surface area contributed by atoms with Crippen molar-refractivity contribution in [2.24, 2.45) is 0 Å². The highest BCUT2D eigenvalue weighted by Gasteiger charge is 2.19. The van der Waals surface area contributed by atoms with Crippen molar-refractivity contribution >= 4 is 40.2 Å². The Hall–Kier alpha value is -3.25. The van der Waals surface area contributed by atoms with Crippen LogP contribution in [0.15, 0.2) is 35.6 Å². The molecule has 0 atom stereocenters. The fraction of sp³-hybridized carbons (Fsp3) is 0.400. The Kier molecular flexibility index (Phi) is 8.34. The lowest BCUT2D eigenvalue weighted by Gasteiger charge is -2.10. The predicted molar refractivity (Wildman–Crippen MR) is 122 cm³/mol. The molecule has 1 amide bonds. The van der Waals surface area contributed by atoms with Gasteiger partial charge in [0.25, 0.3) is 11.6 Å². The molecule has 2 aromatic heterocycles. The van der Waals surface area contributed by atoms with Gasteiger partial charge in [0.1, 0.15) is 11.4 Å². The van der Waals surface area contributed by atoms with Gasteiger partial charge in [-0.25, -0.2) is 14.6 Å². The fourth-order valence-corrected chi connectivity index (χ4v) is 3.65. The molecule has 32 heavy (non-hydrogen) atoms. The summed E-state index contributed by atoms with van der Waals surface area (Å²) >= 11 is 1.56. The number of para-hydroxylation sites is 1. The number of ether oxygens (including phenoxy) is 1. The molecule has 2 heterocycles. The van der Waals surface area contributed by atoms with Crippen LogP contribution in [0.2, 0.25) is 0 Å². The second kappa shape index (κ2) is 11.4. The van der Waals surface area contributed by atoms with E-state index in [4.69, 9.17) is 4.74 Å². The summed E-state index contributed by atoms with van der Waals surface area (Å²) in [6.07, 6.45) is 2.68. The average molecular weight is 460 g/mol. The van der Waals surface area contributed by atoms with Crippen LogP contribution in [-0.4, -0.2) is 63.1 Å². The van der Waals surface area contributed by atoms with Gasteiger partial charge >= 0.3 is 0 Å². The first-order valence-corrected chi connectivity index (χ1v) is 11.1. The van der Waals surface area contributed by atoms with Gasteiger partial charge < -0.3 is 15.4 Å². The lowest BCUT2D eigenvalue weighted by atomic mass is 10.1. The fourth-order valence-electron chi connectivity index (χ4n) is 2.96. The van der Waals surface area contributed by atoms with Crippen molar-refractivity contribution < 1.29 is 14.5 Å². The molecule has 3 aromatic rings. The van der Waals surface area contributed by atoms with Gasteiger partial charge in [0.2, 0.25) is 0 Å². The molecule has 170 valence electrons. The van der Waals surface area contributed by atoms with Crippen LogP contribution in [0, 0.1) is 10.1 Å². The van der Waals surface area contributed by atoms with Gasteiger partial charge in [0, 0.05) is 32.0 Å². The molecule has 0 aliphatic carbocycles. The second-order valence-electron chi connectivity index (χ2n) is 6.76. The highest BCUT2D eigenvalue weighted by molar-refractivity contribution is 7.99. The smallest absolute Gasteiger partial charge is 0.282 e. The van der Waals surface area contributed by atoms with Crippen molar-refractivity contribution in [2.45, 2.75) is 25.0 Å². The van der Waals surface area contributed by atoms with Gasteiger partial charge in [0.05, 0.1) is 29.7 Å². The number of hydrogen-bond acceptors (Lipinski definition) is 9. The Bertz CT molecular complexity index is 1090. The zero-order chi connectivity index (χ0) is 22.9. The van der Waals surface area contributed by atoms with Gasteiger partial charge in [-0.1, -0.05) is 30.8 Å². The Morgan fingerprint density at radius 3 is 2.84 bits per heavy atom. The molecular formula is C20H25N7O4S. The number of hydrogen-bond donors (Lipinski definition) is 2. The largest absolute Gasteiger partial charge is 0.383 e. The SMILES string of the molecule is CCCSc1nc(NCCOC)c2cnn(CCNC(=O)c3ccccc3[N+](=O)[O-])c2n1. The van der Waals surface area contributed by atoms with E-state index in [1.807, 2.05) is 0 Å². The molecule has 11 nitrogen and oxygen atoms in total. The van der Waals surface area contributed by atoms with Crippen molar-refractivity contribution in [1.82, 2.24) is 25.1 Å². The number of thioether (sulfide) groups is 1. The van der Waals surface area contributed by atoms with E-state index in [1.54, 1.807) is 35.8 Å². The number of anilines is 1. The molecular weight excluding hydrogens is 434 g/mol. The van der Waals surface area contributed by atoms with E-state index in [9.17, 15) is 14.9 Å². The first-order chi connectivity index (χ1) is 15.5. The molecule has 12 heteroatoms. The van der Waals surface area contributed by atoms with Crippen molar-refractivity contribution in [3.63, 3.8) is 0 Å². The molecule has 1 aromatic carbocycles. The van der Waals surface area contributed by atoms with Crippen LogP contribution in [0.4, 0.5) is 11.5 Å². The maximum absolute atomic E-state index is 12.4. The molecule has 0 saturated carbocycles. The lowest BCUT2D eigenvalue weighted by molar-refractivity contribution is -0.385. The molecule has 0 bridgehead atoms. The van der Waals surface area contributed by atoms with Crippen LogP contribution in [0.25, 0.3) is 11.0 Å². The number of carbonyl (C=O) groups is 1. The summed E-state index contributed by atoms with van der Waals surface area (Å²) in [7, 11) is 1.64. The van der Waals surface area contributed by atoms with E-state index >= 15 is 0 Å². The van der Waals surface area contributed by atoms with Gasteiger partial charge in [-0.15, -0.1) is 0 Å². The van der Waals surface area contributed by atoms with Gasteiger partial charge in [-0.3, -0.25) is 14.9 Å². The van der Waals surface area contributed by atoms with Crippen molar-refractivity contribution in [3.8, 4) is 0 Å². The van der Waals surface area contributed by atoms with Gasteiger partial charge in [-0.2, -0.15) is 5.10 Å².